The second kappa shape index (κ2) is 7.86. The Labute approximate surface area is 113 Å². The number of carbonyl (C=O) groups excluding carboxylic acids is 1. The molecule has 19 heavy (non-hydrogen) atoms. The summed E-state index contributed by atoms with van der Waals surface area (Å²) < 4.78 is 12.7. The number of hydrogen-bond donors (Lipinski definition) is 3. The summed E-state index contributed by atoms with van der Waals surface area (Å²) in [6, 6.07) is 5.29. The summed E-state index contributed by atoms with van der Waals surface area (Å²) in [5.74, 6) is -0.427. The van der Waals surface area contributed by atoms with E-state index in [9.17, 15) is 14.3 Å². The smallest absolute Gasteiger partial charge is 0.236 e. The van der Waals surface area contributed by atoms with Gasteiger partial charge in [0.1, 0.15) is 5.82 Å². The molecule has 0 aliphatic carbocycles. The number of aliphatic hydroxyl groups excluding tert-OH is 1. The molecule has 1 aromatic rings. The number of aliphatic hydroxyl groups is 1. The molecule has 1 rings (SSSR count). The van der Waals surface area contributed by atoms with Crippen LogP contribution in [-0.2, 0) is 4.79 Å². The van der Waals surface area contributed by atoms with E-state index in [1.54, 1.807) is 6.92 Å². The van der Waals surface area contributed by atoms with E-state index in [1.807, 2.05) is 6.92 Å². The largest absolute Gasteiger partial charge is 0.387 e. The molecule has 106 valence electrons. The number of amides is 1. The third kappa shape index (κ3) is 5.36. The minimum Gasteiger partial charge on any atom is -0.387 e. The van der Waals surface area contributed by atoms with Gasteiger partial charge in [0, 0.05) is 13.1 Å². The highest BCUT2D eigenvalue weighted by Gasteiger charge is 2.14. The van der Waals surface area contributed by atoms with Gasteiger partial charge in [0.15, 0.2) is 0 Å². The summed E-state index contributed by atoms with van der Waals surface area (Å²) in [5, 5.41) is 15.6. The van der Waals surface area contributed by atoms with Crippen LogP contribution in [0.25, 0.3) is 0 Å². The highest BCUT2D eigenvalue weighted by Crippen LogP contribution is 2.12. The molecule has 3 N–H and O–H groups in total. The summed E-state index contributed by atoms with van der Waals surface area (Å²) in [6.07, 6.45) is 0.124. The van der Waals surface area contributed by atoms with Gasteiger partial charge in [-0.3, -0.25) is 4.79 Å². The molecular weight excluding hydrogens is 247 g/mol. The molecule has 2 atom stereocenters. The van der Waals surface area contributed by atoms with Crippen molar-refractivity contribution in [2.75, 3.05) is 13.1 Å². The average Bonchev–Trinajstić information content (AvgIpc) is 2.42. The van der Waals surface area contributed by atoms with Crippen LogP contribution in [-0.4, -0.2) is 30.1 Å². The Morgan fingerprint density at radius 1 is 1.37 bits per heavy atom. The molecule has 0 saturated heterocycles. The lowest BCUT2D eigenvalue weighted by Gasteiger charge is -2.17. The van der Waals surface area contributed by atoms with Crippen molar-refractivity contribution in [3.63, 3.8) is 0 Å². The van der Waals surface area contributed by atoms with E-state index in [-0.39, 0.29) is 24.3 Å². The Bertz CT molecular complexity index is 395. The monoisotopic (exact) mass is 268 g/mol. The Morgan fingerprint density at radius 3 is 2.58 bits per heavy atom. The molecule has 0 saturated carbocycles. The number of nitrogens with one attached hydrogen (secondary N) is 2. The Morgan fingerprint density at radius 2 is 2.00 bits per heavy atom. The summed E-state index contributed by atoms with van der Waals surface area (Å²) >= 11 is 0. The number of hydrogen-bond acceptors (Lipinski definition) is 3. The van der Waals surface area contributed by atoms with Crippen LogP contribution in [0, 0.1) is 5.82 Å². The predicted molar refractivity (Wildman–Crippen MR) is 72.1 cm³/mol. The van der Waals surface area contributed by atoms with Gasteiger partial charge in [0.05, 0.1) is 12.1 Å². The summed E-state index contributed by atoms with van der Waals surface area (Å²) in [7, 11) is 0. The lowest BCUT2D eigenvalue weighted by molar-refractivity contribution is -0.122. The Balaban J connectivity index is 2.39. The maximum atomic E-state index is 12.7. The van der Waals surface area contributed by atoms with Crippen molar-refractivity contribution < 1.29 is 14.3 Å². The van der Waals surface area contributed by atoms with E-state index >= 15 is 0 Å². The molecule has 1 aromatic carbocycles. The van der Waals surface area contributed by atoms with Crippen molar-refractivity contribution in [2.24, 2.45) is 0 Å². The standard InChI is InChI=1S/C14H21FN2O2/c1-3-8-16-14(19)10(2)17-9-13(18)11-4-6-12(15)7-5-11/h4-7,10,13,17-18H,3,8-9H2,1-2H3,(H,16,19). The number of halogens is 1. The van der Waals surface area contributed by atoms with Crippen LogP contribution in [0.2, 0.25) is 0 Å². The molecule has 0 heterocycles. The minimum absolute atomic E-state index is 0.0897. The maximum Gasteiger partial charge on any atom is 0.236 e. The molecule has 0 aromatic heterocycles. The van der Waals surface area contributed by atoms with Crippen molar-refractivity contribution in [3.05, 3.63) is 35.6 Å². The van der Waals surface area contributed by atoms with Crippen molar-refractivity contribution in [2.45, 2.75) is 32.4 Å². The molecule has 0 spiro atoms. The molecule has 2 unspecified atom stereocenters. The summed E-state index contributed by atoms with van der Waals surface area (Å²) in [4.78, 5) is 11.6. The predicted octanol–water partition coefficient (Wildman–Crippen LogP) is 1.36. The Hall–Kier alpha value is -1.46. The molecule has 0 fully saturated rings. The highest BCUT2D eigenvalue weighted by molar-refractivity contribution is 5.81. The van der Waals surface area contributed by atoms with Crippen molar-refractivity contribution in [3.8, 4) is 0 Å². The molecule has 0 radical (unpaired) electrons. The van der Waals surface area contributed by atoms with Crippen molar-refractivity contribution in [1.82, 2.24) is 10.6 Å². The first kappa shape index (κ1) is 15.6. The minimum atomic E-state index is -0.762. The zero-order chi connectivity index (χ0) is 14.3. The van der Waals surface area contributed by atoms with Crippen LogP contribution in [0.15, 0.2) is 24.3 Å². The number of benzene rings is 1. The molecule has 4 nitrogen and oxygen atoms in total. The van der Waals surface area contributed by atoms with E-state index in [0.29, 0.717) is 12.1 Å². The Kier molecular flexibility index (Phi) is 6.45. The van der Waals surface area contributed by atoms with Crippen LogP contribution in [0.4, 0.5) is 4.39 Å². The molecule has 0 aliphatic rings. The van der Waals surface area contributed by atoms with Gasteiger partial charge in [-0.1, -0.05) is 19.1 Å². The first-order valence-corrected chi connectivity index (χ1v) is 6.49. The molecule has 0 bridgehead atoms. The van der Waals surface area contributed by atoms with Crippen LogP contribution in [0.1, 0.15) is 31.9 Å². The zero-order valence-corrected chi connectivity index (χ0v) is 11.3. The normalized spacial score (nSPS) is 13.9. The molecule has 1 amide bonds. The zero-order valence-electron chi connectivity index (χ0n) is 11.3. The van der Waals surface area contributed by atoms with Gasteiger partial charge in [-0.15, -0.1) is 0 Å². The van der Waals surface area contributed by atoms with Gasteiger partial charge in [-0.25, -0.2) is 4.39 Å². The van der Waals surface area contributed by atoms with E-state index in [4.69, 9.17) is 0 Å². The first-order valence-electron chi connectivity index (χ1n) is 6.49. The fraction of sp³-hybridized carbons (Fsp3) is 0.500. The molecular formula is C14H21FN2O2. The van der Waals surface area contributed by atoms with Crippen molar-refractivity contribution in [1.29, 1.82) is 0 Å². The maximum absolute atomic E-state index is 12.7. The van der Waals surface area contributed by atoms with Gasteiger partial charge in [-0.2, -0.15) is 0 Å². The second-order valence-corrected chi connectivity index (χ2v) is 4.49. The number of carbonyl (C=O) groups is 1. The SMILES string of the molecule is CCCNC(=O)C(C)NCC(O)c1ccc(F)cc1. The third-order valence-electron chi connectivity index (χ3n) is 2.81. The van der Waals surface area contributed by atoms with Crippen LogP contribution in [0.3, 0.4) is 0 Å². The topological polar surface area (TPSA) is 61.4 Å². The summed E-state index contributed by atoms with van der Waals surface area (Å²) in [5.41, 5.74) is 0.620. The first-order chi connectivity index (χ1) is 9.04. The van der Waals surface area contributed by atoms with Gasteiger partial charge in [-0.05, 0) is 31.0 Å². The van der Waals surface area contributed by atoms with Crippen molar-refractivity contribution >= 4 is 5.91 Å². The highest BCUT2D eigenvalue weighted by atomic mass is 19.1. The fourth-order valence-corrected chi connectivity index (χ4v) is 1.59. The van der Waals surface area contributed by atoms with Gasteiger partial charge < -0.3 is 15.7 Å². The number of rotatable bonds is 7. The van der Waals surface area contributed by atoms with E-state index in [1.165, 1.54) is 24.3 Å². The van der Waals surface area contributed by atoms with Gasteiger partial charge >= 0.3 is 0 Å². The molecule has 5 heteroatoms. The van der Waals surface area contributed by atoms with Crippen LogP contribution >= 0.6 is 0 Å². The third-order valence-corrected chi connectivity index (χ3v) is 2.81. The summed E-state index contributed by atoms with van der Waals surface area (Å²) in [6.45, 7) is 4.61. The fourth-order valence-electron chi connectivity index (χ4n) is 1.59. The van der Waals surface area contributed by atoms with Crippen LogP contribution in [0.5, 0.6) is 0 Å². The van der Waals surface area contributed by atoms with Gasteiger partial charge in [0.25, 0.3) is 0 Å². The molecule has 0 aliphatic heterocycles. The quantitative estimate of drug-likeness (QED) is 0.700. The van der Waals surface area contributed by atoms with Crippen LogP contribution < -0.4 is 10.6 Å². The van der Waals surface area contributed by atoms with E-state index in [2.05, 4.69) is 10.6 Å². The van der Waals surface area contributed by atoms with E-state index in [0.717, 1.165) is 6.42 Å². The van der Waals surface area contributed by atoms with Gasteiger partial charge in [0.2, 0.25) is 5.91 Å². The lowest BCUT2D eigenvalue weighted by atomic mass is 10.1. The lowest BCUT2D eigenvalue weighted by Crippen LogP contribution is -2.43. The van der Waals surface area contributed by atoms with E-state index < -0.39 is 6.10 Å². The average molecular weight is 268 g/mol. The second-order valence-electron chi connectivity index (χ2n) is 4.49.